The Morgan fingerprint density at radius 3 is 0.764 bits per heavy atom. The van der Waals surface area contributed by atoms with Gasteiger partial charge in [0.1, 0.15) is 19.3 Å². The Balaban J connectivity index is 5.17. The highest BCUT2D eigenvalue weighted by molar-refractivity contribution is 7.47. The smallest absolute Gasteiger partial charge is 0.462 e. The minimum absolute atomic E-state index is 0.107. The van der Waals surface area contributed by atoms with Crippen LogP contribution < -0.4 is 0 Å². The zero-order valence-corrected chi connectivity index (χ0v) is 59.4. The van der Waals surface area contributed by atoms with Crippen molar-refractivity contribution >= 4 is 39.5 Å². The summed E-state index contributed by atoms with van der Waals surface area (Å²) in [7, 11) is -9.89. The van der Waals surface area contributed by atoms with E-state index >= 15 is 0 Å². The number of aliphatic hydroxyl groups is 1. The molecule has 0 saturated heterocycles. The van der Waals surface area contributed by atoms with Crippen molar-refractivity contribution in [3.63, 3.8) is 0 Å². The van der Waals surface area contributed by atoms with Crippen molar-refractivity contribution in [3.05, 3.63) is 0 Å². The molecule has 0 saturated carbocycles. The number of phosphoric acid groups is 2. The van der Waals surface area contributed by atoms with Gasteiger partial charge in [-0.2, -0.15) is 0 Å². The first-order valence-electron chi connectivity index (χ1n) is 36.6. The first kappa shape index (κ1) is 87.1. The normalized spacial score (nSPS) is 14.1. The van der Waals surface area contributed by atoms with Crippen LogP contribution in [0.4, 0.5) is 0 Å². The van der Waals surface area contributed by atoms with Crippen LogP contribution in [0.3, 0.4) is 0 Å². The third kappa shape index (κ3) is 64.6. The zero-order chi connectivity index (χ0) is 65.6. The molecule has 0 radical (unpaired) electrons. The van der Waals surface area contributed by atoms with E-state index in [0.717, 1.165) is 102 Å². The summed E-state index contributed by atoms with van der Waals surface area (Å²) in [6, 6.07) is 0. The standard InChI is InChI=1S/C70H136O17P2/c1-6-9-12-15-18-21-29-34-39-44-49-54-68(73)81-60-66(87-70(75)56-51-46-41-36-32-28-26-24-23-25-27-31-33-37-42-47-52-63(4)5)62-85-89(78,79)83-58-64(71)57-82-88(76,77)84-61-65(59-80-67(72)53-48-43-38-20-17-14-11-8-3)86-69(74)55-50-45-40-35-30-22-19-16-13-10-7-2/h63-66,71H,6-62H2,1-5H3,(H,76,77)(H,78,79)/t64-,65+,66+/m0/s1. The number of carbonyl (C=O) groups is 4. The number of ether oxygens (including phenoxy) is 4. The summed E-state index contributed by atoms with van der Waals surface area (Å²) in [4.78, 5) is 72.4. The number of rotatable bonds is 70. The molecule has 528 valence electrons. The number of phosphoric ester groups is 2. The number of hydrogen-bond donors (Lipinski definition) is 3. The Morgan fingerprint density at radius 1 is 0.303 bits per heavy atom. The Hall–Kier alpha value is -1.94. The second kappa shape index (κ2) is 63.5. The van der Waals surface area contributed by atoms with Crippen LogP contribution in [0.25, 0.3) is 0 Å². The maximum atomic E-state index is 13.0. The third-order valence-electron chi connectivity index (χ3n) is 16.3. The summed E-state index contributed by atoms with van der Waals surface area (Å²) >= 11 is 0. The van der Waals surface area contributed by atoms with Crippen molar-refractivity contribution < 1.29 is 80.2 Å². The maximum absolute atomic E-state index is 13.0. The average Bonchev–Trinajstić information content (AvgIpc) is 3.58. The molecule has 89 heavy (non-hydrogen) atoms. The van der Waals surface area contributed by atoms with E-state index in [9.17, 15) is 43.2 Å². The number of carbonyl (C=O) groups excluding carboxylic acids is 4. The average molecular weight is 1310 g/mol. The quantitative estimate of drug-likeness (QED) is 0.0222. The first-order valence-corrected chi connectivity index (χ1v) is 39.6. The molecular weight excluding hydrogens is 1170 g/mol. The third-order valence-corrected chi connectivity index (χ3v) is 18.2. The van der Waals surface area contributed by atoms with Crippen molar-refractivity contribution in [1.29, 1.82) is 0 Å². The van der Waals surface area contributed by atoms with Crippen LogP contribution in [0.2, 0.25) is 0 Å². The molecule has 0 aromatic heterocycles. The lowest BCUT2D eigenvalue weighted by Crippen LogP contribution is -2.30. The van der Waals surface area contributed by atoms with Gasteiger partial charge >= 0.3 is 39.5 Å². The molecule has 5 atom stereocenters. The molecule has 17 nitrogen and oxygen atoms in total. The van der Waals surface area contributed by atoms with Gasteiger partial charge in [-0.15, -0.1) is 0 Å². The SMILES string of the molecule is CCCCCCCCCCCCCC(=O)OC[C@H](COP(=O)(O)OC[C@@H](O)COP(=O)(O)OC[C@@H](COC(=O)CCCCCCCCCC)OC(=O)CCCCCCCCCCCCC)OC(=O)CCCCCCCCCCCCCCCCCCC(C)C. The van der Waals surface area contributed by atoms with Crippen LogP contribution in [0.15, 0.2) is 0 Å². The lowest BCUT2D eigenvalue weighted by molar-refractivity contribution is -0.161. The Morgan fingerprint density at radius 2 is 0.517 bits per heavy atom. The molecule has 2 unspecified atom stereocenters. The Kier molecular flexibility index (Phi) is 62.1. The van der Waals surface area contributed by atoms with Crippen molar-refractivity contribution in [2.45, 2.75) is 380 Å². The molecule has 3 N–H and O–H groups in total. The zero-order valence-electron chi connectivity index (χ0n) is 57.6. The molecule has 0 aromatic rings. The molecule has 0 rings (SSSR count). The van der Waals surface area contributed by atoms with E-state index < -0.39 is 97.5 Å². The molecule has 0 spiro atoms. The summed E-state index contributed by atoms with van der Waals surface area (Å²) in [5.41, 5.74) is 0. The van der Waals surface area contributed by atoms with E-state index in [4.69, 9.17) is 37.0 Å². The monoisotopic (exact) mass is 1310 g/mol. The topological polar surface area (TPSA) is 237 Å². The summed E-state index contributed by atoms with van der Waals surface area (Å²) in [6.45, 7) is 7.24. The Labute approximate surface area is 543 Å². The van der Waals surface area contributed by atoms with Crippen LogP contribution in [0.1, 0.15) is 362 Å². The minimum atomic E-state index is -4.95. The van der Waals surface area contributed by atoms with Gasteiger partial charge in [0.15, 0.2) is 12.2 Å². The van der Waals surface area contributed by atoms with E-state index in [-0.39, 0.29) is 25.7 Å². The van der Waals surface area contributed by atoms with Crippen molar-refractivity contribution in [3.8, 4) is 0 Å². The molecule has 0 heterocycles. The van der Waals surface area contributed by atoms with Crippen LogP contribution in [-0.2, 0) is 65.4 Å². The van der Waals surface area contributed by atoms with Crippen molar-refractivity contribution in [2.75, 3.05) is 39.6 Å². The summed E-state index contributed by atoms with van der Waals surface area (Å²) in [5.74, 6) is -1.31. The molecule has 0 aliphatic heterocycles. The van der Waals surface area contributed by atoms with E-state index in [2.05, 4.69) is 34.6 Å². The van der Waals surface area contributed by atoms with E-state index in [0.29, 0.717) is 25.7 Å². The van der Waals surface area contributed by atoms with Crippen molar-refractivity contribution in [1.82, 2.24) is 0 Å². The highest BCUT2D eigenvalue weighted by Crippen LogP contribution is 2.45. The van der Waals surface area contributed by atoms with E-state index in [1.807, 2.05) is 0 Å². The fraction of sp³-hybridized carbons (Fsp3) is 0.943. The second-order valence-corrected chi connectivity index (χ2v) is 28.7. The van der Waals surface area contributed by atoms with Gasteiger partial charge < -0.3 is 33.8 Å². The molecule has 0 aliphatic rings. The number of esters is 4. The lowest BCUT2D eigenvalue weighted by Gasteiger charge is -2.21. The molecule has 0 aliphatic carbocycles. The molecule has 19 heteroatoms. The summed E-state index contributed by atoms with van der Waals surface area (Å²) in [5, 5.41) is 10.6. The van der Waals surface area contributed by atoms with Gasteiger partial charge in [-0.25, -0.2) is 9.13 Å². The highest BCUT2D eigenvalue weighted by atomic mass is 31.2. The first-order chi connectivity index (χ1) is 43.0. The molecular formula is C70H136O17P2. The number of unbranched alkanes of at least 4 members (excludes halogenated alkanes) is 42. The summed E-state index contributed by atoms with van der Waals surface area (Å²) < 4.78 is 68.2. The lowest BCUT2D eigenvalue weighted by atomic mass is 10.0. The molecule has 0 fully saturated rings. The number of aliphatic hydroxyl groups excluding tert-OH is 1. The second-order valence-electron chi connectivity index (χ2n) is 25.7. The molecule has 0 aromatic carbocycles. The van der Waals surface area contributed by atoms with Gasteiger partial charge in [-0.05, 0) is 31.6 Å². The minimum Gasteiger partial charge on any atom is -0.462 e. The van der Waals surface area contributed by atoms with E-state index in [1.54, 1.807) is 0 Å². The number of hydrogen-bond acceptors (Lipinski definition) is 15. The predicted molar refractivity (Wildman–Crippen MR) is 358 cm³/mol. The van der Waals surface area contributed by atoms with Gasteiger partial charge in [0.05, 0.1) is 26.4 Å². The summed E-state index contributed by atoms with van der Waals surface area (Å²) in [6.07, 6.45) is 49.9. The fourth-order valence-corrected chi connectivity index (χ4v) is 12.2. The van der Waals surface area contributed by atoms with Gasteiger partial charge in [-0.1, -0.05) is 311 Å². The maximum Gasteiger partial charge on any atom is 0.472 e. The molecule has 0 amide bonds. The van der Waals surface area contributed by atoms with Gasteiger partial charge in [0.2, 0.25) is 0 Å². The predicted octanol–water partition coefficient (Wildman–Crippen LogP) is 20.1. The fourth-order valence-electron chi connectivity index (χ4n) is 10.6. The van der Waals surface area contributed by atoms with Crippen molar-refractivity contribution in [2.24, 2.45) is 5.92 Å². The van der Waals surface area contributed by atoms with Crippen LogP contribution in [-0.4, -0.2) is 96.7 Å². The van der Waals surface area contributed by atoms with E-state index in [1.165, 1.54) is 180 Å². The van der Waals surface area contributed by atoms with Gasteiger partial charge in [0.25, 0.3) is 0 Å². The molecule has 0 bridgehead atoms. The van der Waals surface area contributed by atoms with Crippen LogP contribution in [0, 0.1) is 5.92 Å². The van der Waals surface area contributed by atoms with Gasteiger partial charge in [-0.3, -0.25) is 37.3 Å². The Bertz CT molecular complexity index is 1720. The largest absolute Gasteiger partial charge is 0.472 e. The van der Waals surface area contributed by atoms with Crippen LogP contribution in [0.5, 0.6) is 0 Å². The van der Waals surface area contributed by atoms with Crippen LogP contribution >= 0.6 is 15.6 Å². The highest BCUT2D eigenvalue weighted by Gasteiger charge is 2.30. The van der Waals surface area contributed by atoms with Gasteiger partial charge in [0, 0.05) is 25.7 Å².